The molecule has 0 amide bonds. The van der Waals surface area contributed by atoms with Crippen molar-refractivity contribution in [2.24, 2.45) is 5.41 Å². The molecule has 1 aliphatic rings. The number of carbonyl (C=O) groups excluding carboxylic acids is 1. The fourth-order valence-electron chi connectivity index (χ4n) is 4.28. The fraction of sp³-hybridized carbons (Fsp3) is 0.222. The molecular formula is C27H25ClO4. The number of hydrogen-bond acceptors (Lipinski definition) is 4. The first kappa shape index (κ1) is 22.0. The van der Waals surface area contributed by atoms with Gasteiger partial charge in [0, 0.05) is 28.6 Å². The molecule has 32 heavy (non-hydrogen) atoms. The number of esters is 1. The zero-order chi connectivity index (χ0) is 22.7. The molecule has 0 spiro atoms. The van der Waals surface area contributed by atoms with Crippen LogP contribution in [0.4, 0.5) is 0 Å². The van der Waals surface area contributed by atoms with Gasteiger partial charge in [0.25, 0.3) is 0 Å². The summed E-state index contributed by atoms with van der Waals surface area (Å²) < 4.78 is 16.9. The third-order valence-corrected chi connectivity index (χ3v) is 6.24. The normalized spacial score (nSPS) is 20.0. The molecule has 0 aliphatic carbocycles. The van der Waals surface area contributed by atoms with Crippen molar-refractivity contribution in [3.05, 3.63) is 94.5 Å². The number of rotatable bonds is 6. The predicted octanol–water partition coefficient (Wildman–Crippen LogP) is 6.52. The summed E-state index contributed by atoms with van der Waals surface area (Å²) in [6.07, 6.45) is 4.54. The molecule has 164 valence electrons. The van der Waals surface area contributed by atoms with E-state index >= 15 is 0 Å². The third kappa shape index (κ3) is 4.11. The van der Waals surface area contributed by atoms with Crippen molar-refractivity contribution >= 4 is 23.6 Å². The molecule has 3 aromatic rings. The summed E-state index contributed by atoms with van der Waals surface area (Å²) in [7, 11) is 3.18. The first-order chi connectivity index (χ1) is 15.5. The molecule has 5 heteroatoms. The summed E-state index contributed by atoms with van der Waals surface area (Å²) in [6.45, 7) is 1.94. The van der Waals surface area contributed by atoms with E-state index < -0.39 is 5.41 Å². The van der Waals surface area contributed by atoms with Crippen LogP contribution in [0, 0.1) is 5.41 Å². The zero-order valence-corrected chi connectivity index (χ0v) is 19.1. The van der Waals surface area contributed by atoms with E-state index in [-0.39, 0.29) is 11.9 Å². The van der Waals surface area contributed by atoms with Gasteiger partial charge in [-0.1, -0.05) is 66.2 Å². The molecule has 0 N–H and O–H groups in total. The summed E-state index contributed by atoms with van der Waals surface area (Å²) in [5.74, 6) is 1.05. The van der Waals surface area contributed by atoms with Gasteiger partial charge in [-0.25, -0.2) is 0 Å². The Morgan fingerprint density at radius 1 is 1.03 bits per heavy atom. The van der Waals surface area contributed by atoms with Gasteiger partial charge in [0.1, 0.15) is 17.2 Å². The number of hydrogen-bond donors (Lipinski definition) is 0. The van der Waals surface area contributed by atoms with Gasteiger partial charge in [-0.15, -0.1) is 0 Å². The third-order valence-electron chi connectivity index (χ3n) is 5.98. The van der Waals surface area contributed by atoms with Crippen LogP contribution in [0.5, 0.6) is 17.2 Å². The summed E-state index contributed by atoms with van der Waals surface area (Å²) in [5.41, 5.74) is 2.01. The van der Waals surface area contributed by atoms with Crippen LogP contribution in [0.25, 0.3) is 6.08 Å². The molecule has 3 aromatic carbocycles. The molecular weight excluding hydrogens is 424 g/mol. The van der Waals surface area contributed by atoms with E-state index in [0.29, 0.717) is 28.7 Å². The van der Waals surface area contributed by atoms with Crippen LogP contribution in [0.3, 0.4) is 0 Å². The van der Waals surface area contributed by atoms with Crippen LogP contribution in [0.1, 0.15) is 36.0 Å². The number of allylic oxidation sites excluding steroid dienone is 1. The van der Waals surface area contributed by atoms with Crippen molar-refractivity contribution in [2.45, 2.75) is 19.3 Å². The second-order valence-corrected chi connectivity index (χ2v) is 8.49. The Morgan fingerprint density at radius 2 is 1.75 bits per heavy atom. The molecule has 0 radical (unpaired) electrons. The van der Waals surface area contributed by atoms with E-state index in [9.17, 15) is 4.79 Å². The highest BCUT2D eigenvalue weighted by molar-refractivity contribution is 6.30. The minimum Gasteiger partial charge on any atom is -0.496 e. The summed E-state index contributed by atoms with van der Waals surface area (Å²) in [4.78, 5) is 13.4. The lowest BCUT2D eigenvalue weighted by molar-refractivity contribution is -0.147. The van der Waals surface area contributed by atoms with E-state index in [1.165, 1.54) is 0 Å². The van der Waals surface area contributed by atoms with Gasteiger partial charge in [-0.3, -0.25) is 4.79 Å². The van der Waals surface area contributed by atoms with Crippen LogP contribution in [0.2, 0.25) is 5.02 Å². The standard InChI is InChI=1S/C27H25ClO4/c1-27(15-7-10-18-8-5-4-6-9-18)25(19-11-13-20(28)14-12-19)24-22(31-3)16-21(30-2)17-23(24)32-26(27)29/h4-14,16-17,25H,15H2,1-3H3/b10-7+/t25-,27+/m0/s1. The molecule has 2 atom stereocenters. The van der Waals surface area contributed by atoms with Crippen molar-refractivity contribution in [2.75, 3.05) is 14.2 Å². The molecule has 0 fully saturated rings. The van der Waals surface area contributed by atoms with Gasteiger partial charge < -0.3 is 14.2 Å². The van der Waals surface area contributed by atoms with E-state index in [1.807, 2.05) is 79.7 Å². The number of ether oxygens (including phenoxy) is 3. The largest absolute Gasteiger partial charge is 0.496 e. The van der Waals surface area contributed by atoms with Crippen LogP contribution in [-0.4, -0.2) is 20.2 Å². The molecule has 4 rings (SSSR count). The maximum Gasteiger partial charge on any atom is 0.318 e. The molecule has 0 saturated carbocycles. The van der Waals surface area contributed by atoms with Crippen molar-refractivity contribution in [1.82, 2.24) is 0 Å². The lowest BCUT2D eigenvalue weighted by Crippen LogP contribution is -2.42. The summed E-state index contributed by atoms with van der Waals surface area (Å²) in [6, 6.07) is 21.2. The summed E-state index contributed by atoms with van der Waals surface area (Å²) >= 11 is 6.16. The van der Waals surface area contributed by atoms with E-state index in [1.54, 1.807) is 20.3 Å². The second-order valence-electron chi connectivity index (χ2n) is 8.05. The molecule has 1 heterocycles. The maximum atomic E-state index is 13.4. The highest BCUT2D eigenvalue weighted by Crippen LogP contribution is 2.55. The van der Waals surface area contributed by atoms with Gasteiger partial charge in [0.05, 0.1) is 19.6 Å². The highest BCUT2D eigenvalue weighted by atomic mass is 35.5. The van der Waals surface area contributed by atoms with Gasteiger partial charge >= 0.3 is 5.97 Å². The summed E-state index contributed by atoms with van der Waals surface area (Å²) in [5, 5.41) is 0.639. The number of fused-ring (bicyclic) bond motifs is 1. The van der Waals surface area contributed by atoms with E-state index in [4.69, 9.17) is 25.8 Å². The van der Waals surface area contributed by atoms with Crippen LogP contribution in [-0.2, 0) is 4.79 Å². The van der Waals surface area contributed by atoms with Gasteiger partial charge in [0.2, 0.25) is 0 Å². The zero-order valence-electron chi connectivity index (χ0n) is 18.3. The van der Waals surface area contributed by atoms with Crippen LogP contribution in [0.15, 0.2) is 72.8 Å². The van der Waals surface area contributed by atoms with Crippen molar-refractivity contribution in [1.29, 1.82) is 0 Å². The van der Waals surface area contributed by atoms with E-state index in [0.717, 1.165) is 16.7 Å². The van der Waals surface area contributed by atoms with Gasteiger partial charge in [-0.05, 0) is 36.6 Å². The number of halogens is 1. The van der Waals surface area contributed by atoms with Crippen molar-refractivity contribution < 1.29 is 19.0 Å². The average molecular weight is 449 g/mol. The Balaban J connectivity index is 1.84. The topological polar surface area (TPSA) is 44.8 Å². The lowest BCUT2D eigenvalue weighted by atomic mass is 9.66. The Bertz CT molecular complexity index is 1140. The molecule has 0 bridgehead atoms. The smallest absolute Gasteiger partial charge is 0.318 e. The number of benzene rings is 3. The molecule has 0 aromatic heterocycles. The maximum absolute atomic E-state index is 13.4. The Hall–Kier alpha value is -3.24. The van der Waals surface area contributed by atoms with Crippen LogP contribution >= 0.6 is 11.6 Å². The number of methoxy groups -OCH3 is 2. The van der Waals surface area contributed by atoms with Gasteiger partial charge in [0.15, 0.2) is 0 Å². The highest BCUT2D eigenvalue weighted by Gasteiger charge is 2.49. The van der Waals surface area contributed by atoms with E-state index in [2.05, 4.69) is 0 Å². The predicted molar refractivity (Wildman–Crippen MR) is 127 cm³/mol. The first-order valence-corrected chi connectivity index (χ1v) is 10.8. The Labute approximate surface area is 193 Å². The average Bonchev–Trinajstić information content (AvgIpc) is 2.81. The number of carbonyl (C=O) groups is 1. The Morgan fingerprint density at radius 3 is 2.41 bits per heavy atom. The van der Waals surface area contributed by atoms with Crippen LogP contribution < -0.4 is 14.2 Å². The first-order valence-electron chi connectivity index (χ1n) is 10.4. The molecule has 0 unspecified atom stereocenters. The SMILES string of the molecule is COc1cc(OC)c2c(c1)OC(=O)[C@](C)(C/C=C/c1ccccc1)[C@H]2c1ccc(Cl)cc1. The Kier molecular flexibility index (Phi) is 6.24. The minimum absolute atomic E-state index is 0.294. The molecule has 1 aliphatic heterocycles. The van der Waals surface area contributed by atoms with Crippen molar-refractivity contribution in [3.8, 4) is 17.2 Å². The fourth-order valence-corrected chi connectivity index (χ4v) is 4.41. The van der Waals surface area contributed by atoms with Crippen molar-refractivity contribution in [3.63, 3.8) is 0 Å². The quantitative estimate of drug-likeness (QED) is 0.318. The second kappa shape index (κ2) is 9.09. The molecule has 4 nitrogen and oxygen atoms in total. The lowest BCUT2D eigenvalue weighted by Gasteiger charge is -2.40. The monoisotopic (exact) mass is 448 g/mol. The minimum atomic E-state index is -0.853. The molecule has 0 saturated heterocycles. The van der Waals surface area contributed by atoms with Gasteiger partial charge in [-0.2, -0.15) is 0 Å².